The first-order chi connectivity index (χ1) is 14.5. The topological polar surface area (TPSA) is 87.2 Å². The monoisotopic (exact) mass is 426 g/mol. The predicted octanol–water partition coefficient (Wildman–Crippen LogP) is 4.62. The van der Waals surface area contributed by atoms with Gasteiger partial charge in [0, 0.05) is 42.7 Å². The summed E-state index contributed by atoms with van der Waals surface area (Å²) in [6.45, 7) is 0.979. The third kappa shape index (κ3) is 7.45. The molecule has 0 atom stereocenters. The van der Waals surface area contributed by atoms with Gasteiger partial charge in [-0.05, 0) is 30.0 Å². The molecule has 0 spiro atoms. The zero-order valence-electron chi connectivity index (χ0n) is 17.1. The molecule has 3 aromatic rings. The average Bonchev–Trinajstić information content (AvgIpc) is 2.76. The van der Waals surface area contributed by atoms with Crippen molar-refractivity contribution in [3.05, 3.63) is 67.3 Å². The maximum Gasteiger partial charge on any atom is 0.325 e. The second kappa shape index (κ2) is 11.1. The van der Waals surface area contributed by atoms with Crippen LogP contribution in [0.15, 0.2) is 67.3 Å². The van der Waals surface area contributed by atoms with Crippen LogP contribution < -0.4 is 4.57 Å². The summed E-state index contributed by atoms with van der Waals surface area (Å²) >= 11 is 0. The van der Waals surface area contributed by atoms with Gasteiger partial charge in [-0.1, -0.05) is 43.5 Å². The maximum atomic E-state index is 10.8. The molecular formula is C23H29N3O3P+. The van der Waals surface area contributed by atoms with Crippen LogP contribution in [0.25, 0.3) is 22.5 Å². The Kier molecular flexibility index (Phi) is 8.26. The lowest BCUT2D eigenvalue weighted by Gasteiger charge is -2.04. The molecular weight excluding hydrogens is 397 g/mol. The Labute approximate surface area is 177 Å². The molecule has 2 N–H and O–H groups in total. The van der Waals surface area contributed by atoms with E-state index in [0.717, 1.165) is 55.6 Å². The summed E-state index contributed by atoms with van der Waals surface area (Å²) in [4.78, 5) is 26.2. The molecule has 0 saturated heterocycles. The van der Waals surface area contributed by atoms with Crippen LogP contribution in [-0.2, 0) is 11.1 Å². The van der Waals surface area contributed by atoms with Crippen molar-refractivity contribution in [1.82, 2.24) is 9.97 Å². The Balaban J connectivity index is 1.40. The molecule has 7 heteroatoms. The summed E-state index contributed by atoms with van der Waals surface area (Å²) in [7, 11) is -3.82. The number of hydrogen-bond donors (Lipinski definition) is 2. The molecule has 0 aliphatic heterocycles. The van der Waals surface area contributed by atoms with E-state index in [9.17, 15) is 4.57 Å². The number of hydrogen-bond acceptors (Lipinski definition) is 3. The molecule has 0 aliphatic rings. The minimum absolute atomic E-state index is 0.0119. The molecule has 0 aliphatic carbocycles. The van der Waals surface area contributed by atoms with Gasteiger partial charge in [0.1, 0.15) is 6.54 Å². The third-order valence-electron chi connectivity index (χ3n) is 5.05. The molecule has 0 fully saturated rings. The summed E-state index contributed by atoms with van der Waals surface area (Å²) in [5.41, 5.74) is 3.35. The van der Waals surface area contributed by atoms with Crippen molar-refractivity contribution < 1.29 is 18.9 Å². The molecule has 158 valence electrons. The fourth-order valence-electron chi connectivity index (χ4n) is 3.38. The van der Waals surface area contributed by atoms with E-state index in [4.69, 9.17) is 9.79 Å². The van der Waals surface area contributed by atoms with Crippen LogP contribution in [0.2, 0.25) is 0 Å². The Bertz CT molecular complexity index is 942. The maximum absolute atomic E-state index is 10.8. The first-order valence-electron chi connectivity index (χ1n) is 10.4. The highest BCUT2D eigenvalue weighted by atomic mass is 31.2. The van der Waals surface area contributed by atoms with E-state index in [2.05, 4.69) is 51.2 Å². The van der Waals surface area contributed by atoms with Crippen molar-refractivity contribution >= 4 is 7.60 Å². The first-order valence-corrected chi connectivity index (χ1v) is 12.2. The summed E-state index contributed by atoms with van der Waals surface area (Å²) in [6, 6.07) is 14.4. The highest BCUT2D eigenvalue weighted by Gasteiger charge is 2.11. The van der Waals surface area contributed by atoms with Crippen molar-refractivity contribution in [3.63, 3.8) is 0 Å². The Morgan fingerprint density at radius 1 is 0.733 bits per heavy atom. The van der Waals surface area contributed by atoms with E-state index < -0.39 is 7.60 Å². The average molecular weight is 426 g/mol. The summed E-state index contributed by atoms with van der Waals surface area (Å²) in [5.74, 6) is 0.733. The predicted molar refractivity (Wildman–Crippen MR) is 118 cm³/mol. The van der Waals surface area contributed by atoms with Gasteiger partial charge in [-0.15, -0.1) is 0 Å². The van der Waals surface area contributed by atoms with Gasteiger partial charge >= 0.3 is 7.60 Å². The number of aromatic nitrogens is 3. The number of rotatable bonds is 11. The normalized spacial score (nSPS) is 11.5. The number of nitrogens with zero attached hydrogens (tertiary/aromatic N) is 3. The zero-order valence-corrected chi connectivity index (χ0v) is 18.0. The molecule has 1 aromatic carbocycles. The summed E-state index contributed by atoms with van der Waals surface area (Å²) in [5, 5.41) is 0. The Morgan fingerprint density at radius 2 is 1.27 bits per heavy atom. The van der Waals surface area contributed by atoms with Crippen LogP contribution in [0.3, 0.4) is 0 Å². The van der Waals surface area contributed by atoms with E-state index in [1.807, 2.05) is 18.2 Å². The van der Waals surface area contributed by atoms with E-state index in [0.29, 0.717) is 6.42 Å². The van der Waals surface area contributed by atoms with Crippen molar-refractivity contribution in [2.75, 3.05) is 6.16 Å². The fraction of sp³-hybridized carbons (Fsp3) is 0.348. The van der Waals surface area contributed by atoms with Gasteiger partial charge < -0.3 is 9.79 Å². The van der Waals surface area contributed by atoms with Gasteiger partial charge in [0.05, 0.1) is 0 Å². The molecule has 3 rings (SSSR count). The molecule has 30 heavy (non-hydrogen) atoms. The van der Waals surface area contributed by atoms with Crippen LogP contribution in [0.5, 0.6) is 0 Å². The minimum Gasteiger partial charge on any atom is -0.324 e. The van der Waals surface area contributed by atoms with E-state index in [1.165, 1.54) is 5.56 Å². The third-order valence-corrected chi connectivity index (χ3v) is 5.95. The Morgan fingerprint density at radius 3 is 1.90 bits per heavy atom. The standard InChI is InChI=1S/C23H28N3O3P/c27-30(28,29)19-6-4-2-1-3-5-16-26-17-12-21(13-18-26)20-8-10-22(11-9-20)23-24-14-7-15-25-23/h7-15,17-18H,1-6,16,19H2,(H-,27,28,29)/p+1. The van der Waals surface area contributed by atoms with Crippen LogP contribution >= 0.6 is 7.60 Å². The highest BCUT2D eigenvalue weighted by molar-refractivity contribution is 7.51. The largest absolute Gasteiger partial charge is 0.325 e. The second-order valence-electron chi connectivity index (χ2n) is 7.48. The first kappa shape index (κ1) is 22.3. The van der Waals surface area contributed by atoms with Crippen molar-refractivity contribution in [2.45, 2.75) is 45.1 Å². The molecule has 6 nitrogen and oxygen atoms in total. The quantitative estimate of drug-likeness (QED) is 0.265. The van der Waals surface area contributed by atoms with E-state index >= 15 is 0 Å². The molecule has 0 radical (unpaired) electrons. The van der Waals surface area contributed by atoms with Crippen LogP contribution in [0.4, 0.5) is 0 Å². The Hall–Kier alpha value is -2.40. The number of benzene rings is 1. The van der Waals surface area contributed by atoms with E-state index in [1.54, 1.807) is 12.4 Å². The molecule has 0 saturated carbocycles. The zero-order chi connectivity index (χ0) is 21.2. The highest BCUT2D eigenvalue weighted by Crippen LogP contribution is 2.35. The van der Waals surface area contributed by atoms with Crippen LogP contribution in [0.1, 0.15) is 38.5 Å². The lowest BCUT2D eigenvalue weighted by Crippen LogP contribution is -2.32. The van der Waals surface area contributed by atoms with Gasteiger partial charge in [-0.3, -0.25) is 4.57 Å². The van der Waals surface area contributed by atoms with Crippen molar-refractivity contribution in [2.24, 2.45) is 0 Å². The molecule has 2 aromatic heterocycles. The second-order valence-corrected chi connectivity index (χ2v) is 9.26. The van der Waals surface area contributed by atoms with Gasteiger partial charge in [-0.25, -0.2) is 14.5 Å². The number of unbranched alkanes of at least 4 members (excludes halogenated alkanes) is 5. The van der Waals surface area contributed by atoms with Gasteiger partial charge in [0.25, 0.3) is 0 Å². The van der Waals surface area contributed by atoms with Crippen molar-refractivity contribution in [1.29, 1.82) is 0 Å². The van der Waals surface area contributed by atoms with Gasteiger partial charge in [0.15, 0.2) is 18.2 Å². The molecule has 0 amide bonds. The van der Waals surface area contributed by atoms with Gasteiger partial charge in [-0.2, -0.15) is 0 Å². The van der Waals surface area contributed by atoms with Crippen molar-refractivity contribution in [3.8, 4) is 22.5 Å². The van der Waals surface area contributed by atoms with E-state index in [-0.39, 0.29) is 6.16 Å². The lowest BCUT2D eigenvalue weighted by atomic mass is 10.0. The minimum atomic E-state index is -3.82. The SMILES string of the molecule is O=P(O)(O)CCCCCCCC[n+]1ccc(-c2ccc(-c3ncccn3)cc2)cc1. The molecule has 2 heterocycles. The molecule has 0 unspecified atom stereocenters. The van der Waals surface area contributed by atoms with Gasteiger partial charge in [0.2, 0.25) is 0 Å². The molecule has 0 bridgehead atoms. The lowest BCUT2D eigenvalue weighted by molar-refractivity contribution is -0.697. The van der Waals surface area contributed by atoms with Crippen LogP contribution in [-0.4, -0.2) is 25.9 Å². The summed E-state index contributed by atoms with van der Waals surface area (Å²) in [6.07, 6.45) is 13.6. The smallest absolute Gasteiger partial charge is 0.324 e. The van der Waals surface area contributed by atoms with Crippen LogP contribution in [0, 0.1) is 0 Å². The number of pyridine rings is 1. The summed E-state index contributed by atoms with van der Waals surface area (Å²) < 4.78 is 13.0. The fourth-order valence-corrected chi connectivity index (χ4v) is 4.01. The number of aryl methyl sites for hydroxylation is 1.